The molecule has 6 heteroatoms. The molecule has 0 aliphatic carbocycles. The summed E-state index contributed by atoms with van der Waals surface area (Å²) in [5.41, 5.74) is 1.38. The van der Waals surface area contributed by atoms with E-state index in [9.17, 15) is 9.59 Å². The number of hydrogen-bond acceptors (Lipinski definition) is 3. The lowest BCUT2D eigenvalue weighted by molar-refractivity contribution is -0.146. The van der Waals surface area contributed by atoms with E-state index in [4.69, 9.17) is 10.4 Å². The fourth-order valence-corrected chi connectivity index (χ4v) is 1.84. The monoisotopic (exact) mass is 259 g/mol. The zero-order valence-electron chi connectivity index (χ0n) is 10.2. The van der Waals surface area contributed by atoms with Gasteiger partial charge in [0.05, 0.1) is 17.6 Å². The van der Waals surface area contributed by atoms with Gasteiger partial charge in [0.2, 0.25) is 0 Å². The standard InChI is InChI=1S/C13H13N3O3/c14-5-9-2-1-3-10(4-9)6-15-13(19)16-7-11(8-16)12(17)18/h1-4,11H,6-8H2,(H,15,19)(H,17,18). The summed E-state index contributed by atoms with van der Waals surface area (Å²) < 4.78 is 0. The highest BCUT2D eigenvalue weighted by Gasteiger charge is 2.35. The van der Waals surface area contributed by atoms with E-state index < -0.39 is 11.9 Å². The number of urea groups is 1. The van der Waals surface area contributed by atoms with Gasteiger partial charge in [-0.3, -0.25) is 4.79 Å². The van der Waals surface area contributed by atoms with Gasteiger partial charge < -0.3 is 15.3 Å². The van der Waals surface area contributed by atoms with Crippen LogP contribution >= 0.6 is 0 Å². The number of carboxylic acid groups (broad SMARTS) is 1. The van der Waals surface area contributed by atoms with Crippen molar-refractivity contribution in [3.8, 4) is 6.07 Å². The average Bonchev–Trinajstić information content (AvgIpc) is 2.34. The van der Waals surface area contributed by atoms with Crippen LogP contribution in [-0.2, 0) is 11.3 Å². The summed E-state index contributed by atoms with van der Waals surface area (Å²) in [7, 11) is 0. The van der Waals surface area contributed by atoms with Crippen molar-refractivity contribution in [1.29, 1.82) is 5.26 Å². The van der Waals surface area contributed by atoms with E-state index in [1.54, 1.807) is 18.2 Å². The molecule has 2 N–H and O–H groups in total. The predicted molar refractivity (Wildman–Crippen MR) is 66.1 cm³/mol. The molecule has 2 amide bonds. The van der Waals surface area contributed by atoms with Gasteiger partial charge in [0.25, 0.3) is 0 Å². The third-order valence-electron chi connectivity index (χ3n) is 3.02. The molecule has 0 saturated carbocycles. The number of carbonyl (C=O) groups is 2. The summed E-state index contributed by atoms with van der Waals surface area (Å²) in [4.78, 5) is 23.7. The molecule has 0 atom stereocenters. The zero-order valence-corrected chi connectivity index (χ0v) is 10.2. The van der Waals surface area contributed by atoms with Gasteiger partial charge in [-0.05, 0) is 17.7 Å². The summed E-state index contributed by atoms with van der Waals surface area (Å²) in [5, 5.41) is 20.2. The first kappa shape index (κ1) is 12.9. The van der Waals surface area contributed by atoms with Crippen molar-refractivity contribution in [3.05, 3.63) is 35.4 Å². The Balaban J connectivity index is 1.81. The van der Waals surface area contributed by atoms with Gasteiger partial charge in [-0.1, -0.05) is 12.1 Å². The normalized spacial score (nSPS) is 14.4. The molecule has 6 nitrogen and oxygen atoms in total. The number of hydrogen-bond donors (Lipinski definition) is 2. The molecule has 0 aromatic heterocycles. The van der Waals surface area contributed by atoms with E-state index in [-0.39, 0.29) is 19.1 Å². The van der Waals surface area contributed by atoms with Gasteiger partial charge in [-0.2, -0.15) is 5.26 Å². The minimum atomic E-state index is -0.870. The van der Waals surface area contributed by atoms with Crippen LogP contribution in [-0.4, -0.2) is 35.1 Å². The smallest absolute Gasteiger partial charge is 0.317 e. The second kappa shape index (κ2) is 5.40. The predicted octanol–water partition coefficient (Wildman–Crippen LogP) is 0.784. The number of nitrogens with one attached hydrogen (secondary N) is 1. The highest BCUT2D eigenvalue weighted by Crippen LogP contribution is 2.15. The van der Waals surface area contributed by atoms with Crippen LogP contribution in [0.25, 0.3) is 0 Å². The summed E-state index contributed by atoms with van der Waals surface area (Å²) in [5.74, 6) is -1.32. The Morgan fingerprint density at radius 3 is 2.84 bits per heavy atom. The Morgan fingerprint density at radius 1 is 1.47 bits per heavy atom. The second-order valence-electron chi connectivity index (χ2n) is 4.41. The lowest BCUT2D eigenvalue weighted by atomic mass is 10.0. The summed E-state index contributed by atoms with van der Waals surface area (Å²) in [6, 6.07) is 8.72. The third-order valence-corrected chi connectivity index (χ3v) is 3.02. The largest absolute Gasteiger partial charge is 0.481 e. The molecular formula is C13H13N3O3. The highest BCUT2D eigenvalue weighted by atomic mass is 16.4. The molecule has 0 bridgehead atoms. The fraction of sp³-hybridized carbons (Fsp3) is 0.308. The van der Waals surface area contributed by atoms with E-state index >= 15 is 0 Å². The number of rotatable bonds is 3. The van der Waals surface area contributed by atoms with E-state index in [0.717, 1.165) is 5.56 Å². The minimum Gasteiger partial charge on any atom is -0.481 e. The maximum absolute atomic E-state index is 11.7. The number of aliphatic carboxylic acids is 1. The highest BCUT2D eigenvalue weighted by molar-refractivity contribution is 5.79. The fourth-order valence-electron chi connectivity index (χ4n) is 1.84. The van der Waals surface area contributed by atoms with Gasteiger partial charge >= 0.3 is 12.0 Å². The first-order valence-electron chi connectivity index (χ1n) is 5.85. The number of amides is 2. The van der Waals surface area contributed by atoms with Crippen LogP contribution in [0.3, 0.4) is 0 Å². The lowest BCUT2D eigenvalue weighted by Gasteiger charge is -2.36. The van der Waals surface area contributed by atoms with Crippen LogP contribution in [0.1, 0.15) is 11.1 Å². The average molecular weight is 259 g/mol. The van der Waals surface area contributed by atoms with E-state index in [2.05, 4.69) is 5.32 Å². The van der Waals surface area contributed by atoms with Crippen LogP contribution in [0, 0.1) is 17.2 Å². The zero-order chi connectivity index (χ0) is 13.8. The molecule has 1 aliphatic heterocycles. The van der Waals surface area contributed by atoms with Crippen molar-refractivity contribution in [2.24, 2.45) is 5.92 Å². The Hall–Kier alpha value is -2.55. The van der Waals surface area contributed by atoms with E-state index in [1.807, 2.05) is 12.1 Å². The molecule has 98 valence electrons. The van der Waals surface area contributed by atoms with Crippen LogP contribution < -0.4 is 5.32 Å². The van der Waals surface area contributed by atoms with E-state index in [1.165, 1.54) is 4.90 Å². The molecule has 0 radical (unpaired) electrons. The molecule has 1 saturated heterocycles. The molecule has 2 rings (SSSR count). The molecule has 1 fully saturated rings. The van der Waals surface area contributed by atoms with Crippen molar-refractivity contribution < 1.29 is 14.7 Å². The second-order valence-corrected chi connectivity index (χ2v) is 4.41. The van der Waals surface area contributed by atoms with Crippen molar-refractivity contribution in [2.45, 2.75) is 6.54 Å². The molecule has 1 aromatic carbocycles. The quantitative estimate of drug-likeness (QED) is 0.839. The van der Waals surface area contributed by atoms with Gasteiger partial charge in [-0.15, -0.1) is 0 Å². The van der Waals surface area contributed by atoms with E-state index in [0.29, 0.717) is 12.1 Å². The molecule has 0 unspecified atom stereocenters. The SMILES string of the molecule is N#Cc1cccc(CNC(=O)N2CC(C(=O)O)C2)c1. The molecule has 19 heavy (non-hydrogen) atoms. The van der Waals surface area contributed by atoms with Gasteiger partial charge in [0.15, 0.2) is 0 Å². The number of likely N-dealkylation sites (tertiary alicyclic amines) is 1. The maximum Gasteiger partial charge on any atom is 0.317 e. The third kappa shape index (κ3) is 3.01. The van der Waals surface area contributed by atoms with Crippen LogP contribution in [0.2, 0.25) is 0 Å². The Bertz CT molecular complexity index is 544. The molecular weight excluding hydrogens is 246 g/mol. The Labute approximate surface area is 110 Å². The maximum atomic E-state index is 11.7. The molecule has 1 aliphatic rings. The van der Waals surface area contributed by atoms with Gasteiger partial charge in [0, 0.05) is 19.6 Å². The Kier molecular flexibility index (Phi) is 3.66. The van der Waals surface area contributed by atoms with Crippen molar-refractivity contribution >= 4 is 12.0 Å². The molecule has 1 aromatic rings. The number of carbonyl (C=O) groups excluding carboxylic acids is 1. The van der Waals surface area contributed by atoms with Crippen molar-refractivity contribution in [3.63, 3.8) is 0 Å². The first-order chi connectivity index (χ1) is 9.10. The number of nitriles is 1. The molecule has 0 spiro atoms. The minimum absolute atomic E-state index is 0.249. The summed E-state index contributed by atoms with van der Waals surface area (Å²) in [6.45, 7) is 0.821. The van der Waals surface area contributed by atoms with Crippen molar-refractivity contribution in [2.75, 3.05) is 13.1 Å². The topological polar surface area (TPSA) is 93.4 Å². The number of benzene rings is 1. The number of carboxylic acids is 1. The van der Waals surface area contributed by atoms with Crippen molar-refractivity contribution in [1.82, 2.24) is 10.2 Å². The van der Waals surface area contributed by atoms with Crippen LogP contribution in [0.4, 0.5) is 4.79 Å². The Morgan fingerprint density at radius 2 is 2.21 bits per heavy atom. The van der Waals surface area contributed by atoms with Gasteiger partial charge in [0.1, 0.15) is 0 Å². The van der Waals surface area contributed by atoms with Gasteiger partial charge in [-0.25, -0.2) is 4.79 Å². The first-order valence-corrected chi connectivity index (χ1v) is 5.85. The summed E-state index contributed by atoms with van der Waals surface area (Å²) in [6.07, 6.45) is 0. The molecule has 1 heterocycles. The van der Waals surface area contributed by atoms with Crippen LogP contribution in [0.15, 0.2) is 24.3 Å². The number of nitrogens with zero attached hydrogens (tertiary/aromatic N) is 2. The summed E-state index contributed by atoms with van der Waals surface area (Å²) >= 11 is 0. The van der Waals surface area contributed by atoms with Crippen LogP contribution in [0.5, 0.6) is 0 Å². The lowest BCUT2D eigenvalue weighted by Crippen LogP contribution is -2.56.